The van der Waals surface area contributed by atoms with Crippen molar-refractivity contribution in [1.29, 1.82) is 0 Å². The van der Waals surface area contributed by atoms with E-state index in [1.165, 1.54) is 19.4 Å². The number of rotatable bonds is 5. The zero-order valence-electron chi connectivity index (χ0n) is 10.5. The molecule has 0 spiro atoms. The Hall–Kier alpha value is -2.14. The van der Waals surface area contributed by atoms with Gasteiger partial charge in [-0.15, -0.1) is 0 Å². The summed E-state index contributed by atoms with van der Waals surface area (Å²) in [4.78, 5) is 3.97. The molecule has 0 bridgehead atoms. The van der Waals surface area contributed by atoms with Crippen LogP contribution in [0.4, 0.5) is 4.39 Å². The van der Waals surface area contributed by atoms with Crippen LogP contribution in [0.15, 0.2) is 36.5 Å². The first-order valence-corrected chi connectivity index (χ1v) is 5.74. The molecule has 100 valence electrons. The van der Waals surface area contributed by atoms with E-state index in [2.05, 4.69) is 4.98 Å². The molecule has 0 aliphatic rings. The van der Waals surface area contributed by atoms with Gasteiger partial charge in [-0.2, -0.15) is 0 Å². The number of pyridine rings is 1. The summed E-state index contributed by atoms with van der Waals surface area (Å²) in [6, 6.07) is 7.93. The third kappa shape index (κ3) is 3.42. The highest BCUT2D eigenvalue weighted by atomic mass is 19.1. The lowest BCUT2D eigenvalue weighted by Crippen LogP contribution is -2.00. The Morgan fingerprint density at radius 3 is 2.58 bits per heavy atom. The molecule has 0 saturated carbocycles. The van der Waals surface area contributed by atoms with E-state index < -0.39 is 0 Å². The number of ether oxygens (including phenoxy) is 2. The predicted molar refractivity (Wildman–Crippen MR) is 67.4 cm³/mol. The zero-order valence-corrected chi connectivity index (χ0v) is 10.5. The van der Waals surface area contributed by atoms with Gasteiger partial charge >= 0.3 is 0 Å². The molecule has 0 fully saturated rings. The van der Waals surface area contributed by atoms with E-state index >= 15 is 0 Å². The molecular weight excluding hydrogens is 249 g/mol. The number of aliphatic hydroxyl groups is 1. The lowest BCUT2D eigenvalue weighted by molar-refractivity contribution is 0.274. The molecule has 0 atom stereocenters. The van der Waals surface area contributed by atoms with Gasteiger partial charge < -0.3 is 14.6 Å². The number of methoxy groups -OCH3 is 1. The SMILES string of the molecule is COc1ccc(COc2ccc(CO)nc2)c(F)c1. The van der Waals surface area contributed by atoms with Crippen molar-refractivity contribution in [3.05, 3.63) is 53.6 Å². The van der Waals surface area contributed by atoms with Crippen LogP contribution in [0.1, 0.15) is 11.3 Å². The molecule has 0 aliphatic heterocycles. The normalized spacial score (nSPS) is 10.3. The van der Waals surface area contributed by atoms with Crippen molar-refractivity contribution < 1.29 is 19.0 Å². The number of hydrogen-bond donors (Lipinski definition) is 1. The number of nitrogens with zero attached hydrogens (tertiary/aromatic N) is 1. The fraction of sp³-hybridized carbons (Fsp3) is 0.214. The number of aromatic nitrogens is 1. The fourth-order valence-corrected chi connectivity index (χ4v) is 1.52. The molecule has 0 amide bonds. The highest BCUT2D eigenvalue weighted by Gasteiger charge is 2.05. The maximum Gasteiger partial charge on any atom is 0.138 e. The van der Waals surface area contributed by atoms with Gasteiger partial charge in [0, 0.05) is 11.6 Å². The summed E-state index contributed by atoms with van der Waals surface area (Å²) < 4.78 is 24.0. The van der Waals surface area contributed by atoms with E-state index in [0.717, 1.165) is 0 Å². The van der Waals surface area contributed by atoms with Crippen molar-refractivity contribution >= 4 is 0 Å². The second-order valence-electron chi connectivity index (χ2n) is 3.89. The minimum Gasteiger partial charge on any atom is -0.497 e. The molecule has 0 radical (unpaired) electrons. The van der Waals surface area contributed by atoms with E-state index in [1.54, 1.807) is 24.3 Å². The van der Waals surface area contributed by atoms with Crippen LogP contribution in [-0.4, -0.2) is 17.2 Å². The monoisotopic (exact) mass is 263 g/mol. The molecule has 2 aromatic rings. The highest BCUT2D eigenvalue weighted by Crippen LogP contribution is 2.18. The average Bonchev–Trinajstić information content (AvgIpc) is 2.46. The van der Waals surface area contributed by atoms with E-state index in [4.69, 9.17) is 14.6 Å². The second kappa shape index (κ2) is 6.15. The van der Waals surface area contributed by atoms with Crippen molar-refractivity contribution in [2.24, 2.45) is 0 Å². The Morgan fingerprint density at radius 2 is 2.00 bits per heavy atom. The summed E-state index contributed by atoms with van der Waals surface area (Å²) in [5.74, 6) is 0.613. The Labute approximate surface area is 110 Å². The smallest absolute Gasteiger partial charge is 0.138 e. The van der Waals surface area contributed by atoms with Crippen LogP contribution in [0, 0.1) is 5.82 Å². The molecule has 0 unspecified atom stereocenters. The fourth-order valence-electron chi connectivity index (χ4n) is 1.52. The van der Waals surface area contributed by atoms with Gasteiger partial charge in [-0.1, -0.05) is 0 Å². The number of hydrogen-bond acceptors (Lipinski definition) is 4. The predicted octanol–water partition coefficient (Wildman–Crippen LogP) is 2.30. The van der Waals surface area contributed by atoms with Crippen LogP contribution < -0.4 is 9.47 Å². The summed E-state index contributed by atoms with van der Waals surface area (Å²) in [5.41, 5.74) is 0.995. The van der Waals surface area contributed by atoms with Gasteiger partial charge in [0.15, 0.2) is 0 Å². The Bertz CT molecular complexity index is 543. The van der Waals surface area contributed by atoms with E-state index in [0.29, 0.717) is 22.8 Å². The molecule has 1 heterocycles. The molecule has 5 heteroatoms. The van der Waals surface area contributed by atoms with Crippen LogP contribution in [-0.2, 0) is 13.2 Å². The Morgan fingerprint density at radius 1 is 1.21 bits per heavy atom. The molecule has 4 nitrogen and oxygen atoms in total. The first kappa shape index (κ1) is 13.3. The molecule has 2 rings (SSSR count). The van der Waals surface area contributed by atoms with Crippen LogP contribution >= 0.6 is 0 Å². The van der Waals surface area contributed by atoms with Crippen molar-refractivity contribution in [3.8, 4) is 11.5 Å². The van der Waals surface area contributed by atoms with Crippen molar-refractivity contribution in [2.45, 2.75) is 13.2 Å². The van der Waals surface area contributed by atoms with Crippen LogP contribution in [0.25, 0.3) is 0 Å². The Kier molecular flexibility index (Phi) is 4.30. The summed E-state index contributed by atoms with van der Waals surface area (Å²) in [7, 11) is 1.49. The summed E-state index contributed by atoms with van der Waals surface area (Å²) in [6.07, 6.45) is 1.49. The van der Waals surface area contributed by atoms with Crippen LogP contribution in [0.3, 0.4) is 0 Å². The molecule has 1 N–H and O–H groups in total. The lowest BCUT2D eigenvalue weighted by Gasteiger charge is -2.08. The summed E-state index contributed by atoms with van der Waals surface area (Å²) in [5, 5.41) is 8.86. The first-order chi connectivity index (χ1) is 9.22. The molecule has 0 saturated heterocycles. The van der Waals surface area contributed by atoms with Crippen LogP contribution in [0.2, 0.25) is 0 Å². The largest absolute Gasteiger partial charge is 0.497 e. The van der Waals surface area contributed by atoms with E-state index in [9.17, 15) is 4.39 Å². The average molecular weight is 263 g/mol. The summed E-state index contributed by atoms with van der Waals surface area (Å²) >= 11 is 0. The summed E-state index contributed by atoms with van der Waals surface area (Å²) in [6.45, 7) is -0.0105. The number of aliphatic hydroxyl groups excluding tert-OH is 1. The zero-order chi connectivity index (χ0) is 13.7. The van der Waals surface area contributed by atoms with Gasteiger partial charge in [0.1, 0.15) is 23.9 Å². The topological polar surface area (TPSA) is 51.6 Å². The van der Waals surface area contributed by atoms with Crippen molar-refractivity contribution in [2.75, 3.05) is 7.11 Å². The highest BCUT2D eigenvalue weighted by molar-refractivity contribution is 5.29. The third-order valence-electron chi connectivity index (χ3n) is 2.61. The van der Waals surface area contributed by atoms with Gasteiger partial charge in [-0.05, 0) is 24.3 Å². The molecular formula is C14H14FNO3. The van der Waals surface area contributed by atoms with Crippen LogP contribution in [0.5, 0.6) is 11.5 Å². The molecule has 19 heavy (non-hydrogen) atoms. The lowest BCUT2D eigenvalue weighted by atomic mass is 10.2. The second-order valence-corrected chi connectivity index (χ2v) is 3.89. The van der Waals surface area contributed by atoms with Gasteiger partial charge in [-0.25, -0.2) is 4.39 Å². The van der Waals surface area contributed by atoms with E-state index in [1.807, 2.05) is 0 Å². The quantitative estimate of drug-likeness (QED) is 0.899. The molecule has 0 aliphatic carbocycles. The maximum atomic E-state index is 13.6. The minimum absolute atomic E-state index is 0.107. The van der Waals surface area contributed by atoms with Crippen molar-refractivity contribution in [3.63, 3.8) is 0 Å². The standard InChI is InChI=1S/C14H14FNO3/c1-18-12-4-2-10(14(15)6-12)9-19-13-5-3-11(8-17)16-7-13/h2-7,17H,8-9H2,1H3. The van der Waals surface area contributed by atoms with Gasteiger partial charge in [0.2, 0.25) is 0 Å². The molecule has 1 aromatic heterocycles. The van der Waals surface area contributed by atoms with Gasteiger partial charge in [-0.3, -0.25) is 4.98 Å². The first-order valence-electron chi connectivity index (χ1n) is 5.74. The number of halogens is 1. The van der Waals surface area contributed by atoms with Crippen molar-refractivity contribution in [1.82, 2.24) is 4.98 Å². The van der Waals surface area contributed by atoms with Gasteiger partial charge in [0.25, 0.3) is 0 Å². The number of benzene rings is 1. The van der Waals surface area contributed by atoms with Gasteiger partial charge in [0.05, 0.1) is 25.6 Å². The van der Waals surface area contributed by atoms with E-state index in [-0.39, 0.29) is 19.0 Å². The molecule has 1 aromatic carbocycles. The maximum absolute atomic E-state index is 13.6. The minimum atomic E-state index is -0.376. The Balaban J connectivity index is 2.01. The third-order valence-corrected chi connectivity index (χ3v) is 2.61.